The molecule has 2 aromatic carbocycles. The van der Waals surface area contributed by atoms with Crippen molar-refractivity contribution < 1.29 is 14.6 Å². The van der Waals surface area contributed by atoms with Gasteiger partial charge in [0.05, 0.1) is 7.11 Å². The summed E-state index contributed by atoms with van der Waals surface area (Å²) in [5.41, 5.74) is 2.12. The zero-order valence-electron chi connectivity index (χ0n) is 10.6. The molecule has 0 atom stereocenters. The molecule has 3 nitrogen and oxygen atoms in total. The normalized spacial score (nSPS) is 10.2. The van der Waals surface area contributed by atoms with Crippen LogP contribution in [0.4, 0.5) is 0 Å². The van der Waals surface area contributed by atoms with Crippen molar-refractivity contribution in [3.63, 3.8) is 0 Å². The van der Waals surface area contributed by atoms with Gasteiger partial charge in [0.25, 0.3) is 0 Å². The Morgan fingerprint density at radius 2 is 1.68 bits per heavy atom. The van der Waals surface area contributed by atoms with E-state index in [-0.39, 0.29) is 5.75 Å². The third kappa shape index (κ3) is 3.64. The van der Waals surface area contributed by atoms with E-state index < -0.39 is 0 Å². The van der Waals surface area contributed by atoms with Crippen LogP contribution in [-0.4, -0.2) is 12.2 Å². The number of aromatic hydroxyl groups is 1. The van der Waals surface area contributed by atoms with Crippen molar-refractivity contribution in [3.8, 4) is 17.2 Å². The molecule has 19 heavy (non-hydrogen) atoms. The number of rotatable bonds is 5. The Bertz CT molecular complexity index is 538. The second kappa shape index (κ2) is 6.48. The fourth-order valence-corrected chi connectivity index (χ4v) is 2.02. The highest BCUT2D eigenvalue weighted by Gasteiger charge is 2.05. The molecule has 0 amide bonds. The maximum Gasteiger partial charge on any atom is 0.161 e. The highest BCUT2D eigenvalue weighted by molar-refractivity contribution is 9.08. The first-order chi connectivity index (χ1) is 9.22. The Morgan fingerprint density at radius 1 is 1.00 bits per heavy atom. The molecule has 100 valence electrons. The summed E-state index contributed by atoms with van der Waals surface area (Å²) in [7, 11) is 1.63. The maximum atomic E-state index is 9.22. The Labute approximate surface area is 120 Å². The minimum atomic E-state index is 0.253. The molecule has 0 radical (unpaired) electrons. The van der Waals surface area contributed by atoms with E-state index in [2.05, 4.69) is 15.9 Å². The lowest BCUT2D eigenvalue weighted by molar-refractivity contribution is 0.284. The molecular weight excluding hydrogens is 308 g/mol. The summed E-state index contributed by atoms with van der Waals surface area (Å²) in [6.07, 6.45) is 0. The second-order valence-electron chi connectivity index (χ2n) is 4.07. The van der Waals surface area contributed by atoms with E-state index in [9.17, 15) is 5.11 Å². The molecule has 2 aromatic rings. The molecule has 0 aliphatic heterocycles. The highest BCUT2D eigenvalue weighted by Crippen LogP contribution is 2.29. The van der Waals surface area contributed by atoms with Crippen molar-refractivity contribution in [1.82, 2.24) is 0 Å². The largest absolute Gasteiger partial charge is 0.508 e. The Morgan fingerprint density at radius 3 is 2.32 bits per heavy atom. The van der Waals surface area contributed by atoms with Gasteiger partial charge in [-0.15, -0.1) is 0 Å². The van der Waals surface area contributed by atoms with Crippen LogP contribution in [0, 0.1) is 0 Å². The lowest BCUT2D eigenvalue weighted by Crippen LogP contribution is -1.98. The van der Waals surface area contributed by atoms with Crippen LogP contribution in [0.3, 0.4) is 0 Å². The summed E-state index contributed by atoms with van der Waals surface area (Å²) in [4.78, 5) is 0. The smallest absolute Gasteiger partial charge is 0.161 e. The van der Waals surface area contributed by atoms with Gasteiger partial charge in [-0.1, -0.05) is 34.1 Å². The third-order valence-corrected chi connectivity index (χ3v) is 3.36. The summed E-state index contributed by atoms with van der Waals surface area (Å²) in [5.74, 6) is 1.68. The number of hydrogen-bond donors (Lipinski definition) is 1. The average Bonchev–Trinajstić information content (AvgIpc) is 2.46. The van der Waals surface area contributed by atoms with Crippen molar-refractivity contribution in [2.24, 2.45) is 0 Å². The SMILES string of the molecule is COc1cc(CBr)ccc1OCc1ccc(O)cc1. The first-order valence-corrected chi connectivity index (χ1v) is 6.98. The molecule has 0 saturated carbocycles. The summed E-state index contributed by atoms with van der Waals surface area (Å²) in [6.45, 7) is 0.435. The molecule has 0 aromatic heterocycles. The molecule has 4 heteroatoms. The topological polar surface area (TPSA) is 38.7 Å². The van der Waals surface area contributed by atoms with Gasteiger partial charge < -0.3 is 14.6 Å². The van der Waals surface area contributed by atoms with Crippen LogP contribution in [0.2, 0.25) is 0 Å². The molecule has 0 heterocycles. The van der Waals surface area contributed by atoms with Gasteiger partial charge in [-0.3, -0.25) is 0 Å². The number of methoxy groups -OCH3 is 1. The molecule has 0 aliphatic rings. The predicted molar refractivity (Wildman–Crippen MR) is 78.1 cm³/mol. The van der Waals surface area contributed by atoms with E-state index in [0.717, 1.165) is 22.2 Å². The Hall–Kier alpha value is -1.68. The first kappa shape index (κ1) is 13.7. The fourth-order valence-electron chi connectivity index (χ4n) is 1.67. The van der Waals surface area contributed by atoms with Crippen LogP contribution < -0.4 is 9.47 Å². The number of ether oxygens (including phenoxy) is 2. The zero-order valence-corrected chi connectivity index (χ0v) is 12.2. The van der Waals surface area contributed by atoms with E-state index >= 15 is 0 Å². The monoisotopic (exact) mass is 322 g/mol. The van der Waals surface area contributed by atoms with E-state index in [0.29, 0.717) is 12.4 Å². The predicted octanol–water partition coefficient (Wildman–Crippen LogP) is 3.87. The molecule has 0 saturated heterocycles. The van der Waals surface area contributed by atoms with Crippen molar-refractivity contribution >= 4 is 15.9 Å². The first-order valence-electron chi connectivity index (χ1n) is 5.86. The van der Waals surface area contributed by atoms with Gasteiger partial charge in [-0.25, -0.2) is 0 Å². The average molecular weight is 323 g/mol. The van der Waals surface area contributed by atoms with E-state index in [1.807, 2.05) is 30.3 Å². The number of benzene rings is 2. The fraction of sp³-hybridized carbons (Fsp3) is 0.200. The van der Waals surface area contributed by atoms with E-state index in [1.165, 1.54) is 0 Å². The molecule has 0 fully saturated rings. The van der Waals surface area contributed by atoms with Crippen LogP contribution in [-0.2, 0) is 11.9 Å². The summed E-state index contributed by atoms with van der Waals surface area (Å²) >= 11 is 3.41. The molecular formula is C15H15BrO3. The molecule has 0 spiro atoms. The van der Waals surface area contributed by atoms with Crippen molar-refractivity contribution in [2.75, 3.05) is 7.11 Å². The van der Waals surface area contributed by atoms with Gasteiger partial charge in [0.2, 0.25) is 0 Å². The van der Waals surface area contributed by atoms with Crippen LogP contribution in [0.15, 0.2) is 42.5 Å². The third-order valence-electron chi connectivity index (χ3n) is 2.71. The van der Waals surface area contributed by atoms with Crippen LogP contribution >= 0.6 is 15.9 Å². The van der Waals surface area contributed by atoms with Crippen molar-refractivity contribution in [1.29, 1.82) is 0 Å². The van der Waals surface area contributed by atoms with Crippen LogP contribution in [0.25, 0.3) is 0 Å². The lowest BCUT2D eigenvalue weighted by atomic mass is 10.2. The minimum absolute atomic E-state index is 0.253. The Balaban J connectivity index is 2.08. The van der Waals surface area contributed by atoms with Crippen LogP contribution in [0.1, 0.15) is 11.1 Å². The van der Waals surface area contributed by atoms with Crippen molar-refractivity contribution in [2.45, 2.75) is 11.9 Å². The van der Waals surface area contributed by atoms with Crippen molar-refractivity contribution in [3.05, 3.63) is 53.6 Å². The summed E-state index contributed by atoms with van der Waals surface area (Å²) < 4.78 is 11.0. The van der Waals surface area contributed by atoms with Gasteiger partial charge in [-0.05, 0) is 35.4 Å². The molecule has 2 rings (SSSR count). The molecule has 0 bridgehead atoms. The zero-order chi connectivity index (χ0) is 13.7. The molecule has 0 aliphatic carbocycles. The number of hydrogen-bond acceptors (Lipinski definition) is 3. The minimum Gasteiger partial charge on any atom is -0.508 e. The van der Waals surface area contributed by atoms with E-state index in [1.54, 1.807) is 19.2 Å². The second-order valence-corrected chi connectivity index (χ2v) is 4.63. The number of halogens is 1. The van der Waals surface area contributed by atoms with Gasteiger partial charge in [-0.2, -0.15) is 0 Å². The Kier molecular flexibility index (Phi) is 4.68. The number of alkyl halides is 1. The quantitative estimate of drug-likeness (QED) is 0.849. The van der Waals surface area contributed by atoms with Gasteiger partial charge in [0.15, 0.2) is 11.5 Å². The highest BCUT2D eigenvalue weighted by atomic mass is 79.9. The van der Waals surface area contributed by atoms with Gasteiger partial charge in [0.1, 0.15) is 12.4 Å². The number of phenols is 1. The standard InChI is InChI=1S/C15H15BrO3/c1-18-15-8-12(9-16)4-7-14(15)19-10-11-2-5-13(17)6-3-11/h2-8,17H,9-10H2,1H3. The summed E-state index contributed by atoms with van der Waals surface area (Å²) in [5, 5.41) is 10.00. The molecule has 0 unspecified atom stereocenters. The van der Waals surface area contributed by atoms with Gasteiger partial charge >= 0.3 is 0 Å². The maximum absolute atomic E-state index is 9.22. The summed E-state index contributed by atoms with van der Waals surface area (Å²) in [6, 6.07) is 12.8. The lowest BCUT2D eigenvalue weighted by Gasteiger charge is -2.11. The van der Waals surface area contributed by atoms with E-state index in [4.69, 9.17) is 9.47 Å². The molecule has 1 N–H and O–H groups in total. The van der Waals surface area contributed by atoms with Crippen LogP contribution in [0.5, 0.6) is 17.2 Å². The van der Waals surface area contributed by atoms with Gasteiger partial charge in [0, 0.05) is 5.33 Å². The number of phenolic OH excluding ortho intramolecular Hbond substituents is 1.